The lowest BCUT2D eigenvalue weighted by Crippen LogP contribution is -2.19. The van der Waals surface area contributed by atoms with Gasteiger partial charge in [-0.05, 0) is 19.1 Å². The number of carbonyl (C=O) groups excluding carboxylic acids is 1. The molecule has 2 aromatic heterocycles. The van der Waals surface area contributed by atoms with Crippen LogP contribution in [0.15, 0.2) is 27.2 Å². The maximum absolute atomic E-state index is 12.2. The summed E-state index contributed by atoms with van der Waals surface area (Å²) in [6.45, 7) is 1.57. The number of carbonyl (C=O) groups is 2. The van der Waals surface area contributed by atoms with Crippen LogP contribution in [0.3, 0.4) is 0 Å². The molecule has 1 N–H and O–H groups in total. The second-order valence-corrected chi connectivity index (χ2v) is 4.68. The van der Waals surface area contributed by atoms with Crippen LogP contribution in [-0.4, -0.2) is 16.9 Å². The molecule has 0 unspecified atom stereocenters. The van der Waals surface area contributed by atoms with Crippen molar-refractivity contribution in [2.75, 3.05) is 0 Å². The van der Waals surface area contributed by atoms with Crippen molar-refractivity contribution in [3.63, 3.8) is 0 Å². The lowest BCUT2D eigenvalue weighted by molar-refractivity contribution is 0.0690. The topological polar surface area (TPSA) is 80.6 Å². The average molecular weight is 260 g/mol. The van der Waals surface area contributed by atoms with Crippen molar-refractivity contribution in [1.82, 2.24) is 0 Å². The third-order valence-corrected chi connectivity index (χ3v) is 3.46. The van der Waals surface area contributed by atoms with Gasteiger partial charge in [-0.15, -0.1) is 0 Å². The van der Waals surface area contributed by atoms with Crippen LogP contribution in [0.5, 0.6) is 0 Å². The maximum Gasteiger partial charge on any atom is 0.340 e. The third kappa shape index (κ3) is 1.78. The molecule has 19 heavy (non-hydrogen) atoms. The van der Waals surface area contributed by atoms with Gasteiger partial charge in [-0.25, -0.2) is 4.79 Å². The Morgan fingerprint density at radius 3 is 2.84 bits per heavy atom. The zero-order chi connectivity index (χ0) is 13.6. The maximum atomic E-state index is 12.2. The monoisotopic (exact) mass is 260 g/mol. The van der Waals surface area contributed by atoms with Gasteiger partial charge in [0.25, 0.3) is 0 Å². The fourth-order valence-corrected chi connectivity index (χ4v) is 2.65. The van der Waals surface area contributed by atoms with Crippen LogP contribution in [0.4, 0.5) is 0 Å². The summed E-state index contributed by atoms with van der Waals surface area (Å²) in [7, 11) is 0. The van der Waals surface area contributed by atoms with E-state index in [4.69, 9.17) is 13.9 Å². The molecular formula is C14H12O5. The summed E-state index contributed by atoms with van der Waals surface area (Å²) in [6.07, 6.45) is 2.30. The first-order valence-corrected chi connectivity index (χ1v) is 6.00. The van der Waals surface area contributed by atoms with Crippen LogP contribution in [0.25, 0.3) is 0 Å². The SMILES string of the molecule is Cc1oc2c(c1C(=O)O)C(=O)C[C@@H](c1ccco1)C2. The van der Waals surface area contributed by atoms with Crippen LogP contribution >= 0.6 is 0 Å². The van der Waals surface area contributed by atoms with E-state index < -0.39 is 5.97 Å². The highest BCUT2D eigenvalue weighted by molar-refractivity contribution is 6.08. The van der Waals surface area contributed by atoms with E-state index in [9.17, 15) is 9.59 Å². The second kappa shape index (κ2) is 4.12. The van der Waals surface area contributed by atoms with Crippen molar-refractivity contribution in [3.8, 4) is 0 Å². The Labute approximate surface area is 108 Å². The highest BCUT2D eigenvalue weighted by Crippen LogP contribution is 2.36. The summed E-state index contributed by atoms with van der Waals surface area (Å²) < 4.78 is 10.8. The van der Waals surface area contributed by atoms with Crippen molar-refractivity contribution in [2.24, 2.45) is 0 Å². The first-order valence-electron chi connectivity index (χ1n) is 6.00. The molecule has 3 rings (SSSR count). The lowest BCUT2D eigenvalue weighted by Gasteiger charge is -2.18. The number of aromatic carboxylic acids is 1. The zero-order valence-electron chi connectivity index (χ0n) is 10.3. The molecule has 0 fully saturated rings. The molecule has 0 saturated heterocycles. The molecule has 0 bridgehead atoms. The standard InChI is InChI=1S/C14H12O5/c1-7-12(14(16)17)13-9(15)5-8(6-11(13)19-7)10-3-2-4-18-10/h2-4,8H,5-6H2,1H3,(H,16,17)/t8-/m1/s1. The summed E-state index contributed by atoms with van der Waals surface area (Å²) in [5.74, 6) is 0.0646. The van der Waals surface area contributed by atoms with Crippen LogP contribution in [0, 0.1) is 6.92 Å². The molecular weight excluding hydrogens is 248 g/mol. The fourth-order valence-electron chi connectivity index (χ4n) is 2.65. The number of hydrogen-bond acceptors (Lipinski definition) is 4. The number of ketones is 1. The zero-order valence-corrected chi connectivity index (χ0v) is 10.3. The van der Waals surface area contributed by atoms with E-state index in [1.807, 2.05) is 6.07 Å². The smallest absolute Gasteiger partial charge is 0.340 e. The predicted octanol–water partition coefficient (Wildman–Crippen LogP) is 2.79. The number of carboxylic acids is 1. The second-order valence-electron chi connectivity index (χ2n) is 4.68. The van der Waals surface area contributed by atoms with Gasteiger partial charge in [0.1, 0.15) is 22.8 Å². The molecule has 5 nitrogen and oxygen atoms in total. The number of rotatable bonds is 2. The number of hydrogen-bond donors (Lipinski definition) is 1. The van der Waals surface area contributed by atoms with Crippen LogP contribution in [0.2, 0.25) is 0 Å². The van der Waals surface area contributed by atoms with Crippen molar-refractivity contribution >= 4 is 11.8 Å². The van der Waals surface area contributed by atoms with E-state index >= 15 is 0 Å². The molecule has 98 valence electrons. The molecule has 2 aromatic rings. The minimum atomic E-state index is -1.12. The van der Waals surface area contributed by atoms with E-state index in [1.54, 1.807) is 19.3 Å². The van der Waals surface area contributed by atoms with Gasteiger partial charge in [-0.3, -0.25) is 4.79 Å². The Morgan fingerprint density at radius 2 is 2.21 bits per heavy atom. The van der Waals surface area contributed by atoms with E-state index in [2.05, 4.69) is 0 Å². The molecule has 0 saturated carbocycles. The molecule has 1 aliphatic carbocycles. The highest BCUT2D eigenvalue weighted by Gasteiger charge is 2.35. The molecule has 0 amide bonds. The van der Waals surface area contributed by atoms with Gasteiger partial charge in [0.05, 0.1) is 11.8 Å². The molecule has 0 radical (unpaired) electrons. The van der Waals surface area contributed by atoms with Gasteiger partial charge in [0, 0.05) is 18.8 Å². The number of carboxylic acid groups (broad SMARTS) is 1. The van der Waals surface area contributed by atoms with E-state index in [1.165, 1.54) is 0 Å². The Morgan fingerprint density at radius 1 is 1.42 bits per heavy atom. The highest BCUT2D eigenvalue weighted by atomic mass is 16.4. The van der Waals surface area contributed by atoms with Gasteiger partial charge in [0.2, 0.25) is 0 Å². The molecule has 2 heterocycles. The average Bonchev–Trinajstić information content (AvgIpc) is 2.94. The first-order chi connectivity index (χ1) is 9.08. The predicted molar refractivity (Wildman–Crippen MR) is 64.5 cm³/mol. The molecule has 0 spiro atoms. The molecule has 5 heteroatoms. The number of aryl methyl sites for hydroxylation is 1. The Kier molecular flexibility index (Phi) is 2.55. The molecule has 0 aromatic carbocycles. The van der Waals surface area contributed by atoms with Crippen LogP contribution in [0.1, 0.15) is 50.3 Å². The summed E-state index contributed by atoms with van der Waals surface area (Å²) >= 11 is 0. The van der Waals surface area contributed by atoms with Gasteiger partial charge in [-0.1, -0.05) is 0 Å². The summed E-state index contributed by atoms with van der Waals surface area (Å²) in [5.41, 5.74) is 0.228. The Hall–Kier alpha value is -2.30. The van der Waals surface area contributed by atoms with Gasteiger partial charge < -0.3 is 13.9 Å². The largest absolute Gasteiger partial charge is 0.478 e. The number of furan rings is 2. The number of fused-ring (bicyclic) bond motifs is 1. The van der Waals surface area contributed by atoms with Crippen molar-refractivity contribution in [1.29, 1.82) is 0 Å². The summed E-state index contributed by atoms with van der Waals surface area (Å²) in [6, 6.07) is 3.59. The third-order valence-electron chi connectivity index (χ3n) is 3.46. The first kappa shape index (κ1) is 11.8. The minimum absolute atomic E-state index is 0.00195. The minimum Gasteiger partial charge on any atom is -0.478 e. The quantitative estimate of drug-likeness (QED) is 0.897. The lowest BCUT2D eigenvalue weighted by atomic mass is 9.84. The van der Waals surface area contributed by atoms with Crippen molar-refractivity contribution in [3.05, 3.63) is 46.8 Å². The van der Waals surface area contributed by atoms with Gasteiger partial charge >= 0.3 is 5.97 Å². The van der Waals surface area contributed by atoms with Crippen molar-refractivity contribution < 1.29 is 23.5 Å². The fraction of sp³-hybridized carbons (Fsp3) is 0.286. The van der Waals surface area contributed by atoms with E-state index in [0.29, 0.717) is 12.2 Å². The van der Waals surface area contributed by atoms with Crippen LogP contribution < -0.4 is 0 Å². The number of Topliss-reactive ketones (excluding diaryl/α,β-unsaturated/α-hetero) is 1. The summed E-state index contributed by atoms with van der Waals surface area (Å²) in [4.78, 5) is 23.3. The summed E-state index contributed by atoms with van der Waals surface area (Å²) in [5, 5.41) is 9.15. The van der Waals surface area contributed by atoms with E-state index in [0.717, 1.165) is 5.76 Å². The van der Waals surface area contributed by atoms with Crippen molar-refractivity contribution in [2.45, 2.75) is 25.7 Å². The van der Waals surface area contributed by atoms with E-state index in [-0.39, 0.29) is 35.0 Å². The normalized spacial score (nSPS) is 18.4. The van der Waals surface area contributed by atoms with Gasteiger partial charge in [0.15, 0.2) is 5.78 Å². The molecule has 1 atom stereocenters. The molecule has 1 aliphatic rings. The Balaban J connectivity index is 2.05. The Bertz CT molecular complexity index is 648. The van der Waals surface area contributed by atoms with Gasteiger partial charge in [-0.2, -0.15) is 0 Å². The van der Waals surface area contributed by atoms with Crippen LogP contribution in [-0.2, 0) is 6.42 Å². The molecule has 0 aliphatic heterocycles.